The van der Waals surface area contributed by atoms with Crippen LogP contribution in [0.1, 0.15) is 39.0 Å². The van der Waals surface area contributed by atoms with E-state index in [0.29, 0.717) is 18.1 Å². The fourth-order valence-corrected chi connectivity index (χ4v) is 4.45. The van der Waals surface area contributed by atoms with Gasteiger partial charge in [0.15, 0.2) is 0 Å². The van der Waals surface area contributed by atoms with Crippen molar-refractivity contribution in [3.63, 3.8) is 0 Å². The molecule has 0 aromatic heterocycles. The van der Waals surface area contributed by atoms with Gasteiger partial charge >= 0.3 is 0 Å². The second-order valence-electron chi connectivity index (χ2n) is 6.49. The molecule has 1 amide bonds. The van der Waals surface area contributed by atoms with E-state index in [1.165, 1.54) is 45.2 Å². The highest BCUT2D eigenvalue weighted by molar-refractivity contribution is 5.74. The van der Waals surface area contributed by atoms with Crippen molar-refractivity contribution in [1.82, 2.24) is 14.7 Å². The number of likely N-dealkylation sites (tertiary alicyclic amines) is 1. The third-order valence-electron chi connectivity index (χ3n) is 5.42. The number of carbonyl (C=O) groups is 1. The fourth-order valence-electron chi connectivity index (χ4n) is 4.45. The molecule has 3 fully saturated rings. The van der Waals surface area contributed by atoms with Crippen molar-refractivity contribution in [3.8, 4) is 0 Å². The first-order valence-electron chi connectivity index (χ1n) is 7.90. The summed E-state index contributed by atoms with van der Waals surface area (Å²) in [6.07, 6.45) is 6.53. The Morgan fingerprint density at radius 3 is 2.32 bits per heavy atom. The molecule has 0 aromatic carbocycles. The monoisotopic (exact) mass is 265 g/mol. The molecule has 0 N–H and O–H groups in total. The average Bonchev–Trinajstić information content (AvgIpc) is 2.92. The van der Waals surface area contributed by atoms with E-state index in [1.807, 2.05) is 0 Å². The van der Waals surface area contributed by atoms with E-state index < -0.39 is 0 Å². The number of hydrogen-bond donors (Lipinski definition) is 0. The van der Waals surface area contributed by atoms with Gasteiger partial charge in [0, 0.05) is 32.1 Å². The Morgan fingerprint density at radius 1 is 0.947 bits per heavy atom. The maximum atomic E-state index is 12.0. The van der Waals surface area contributed by atoms with Crippen LogP contribution in [0.25, 0.3) is 0 Å². The normalized spacial score (nSPS) is 37.4. The maximum absolute atomic E-state index is 12.0. The Bertz CT molecular complexity index is 340. The van der Waals surface area contributed by atoms with Gasteiger partial charge in [-0.05, 0) is 45.8 Å². The predicted molar refractivity (Wildman–Crippen MR) is 76.0 cm³/mol. The minimum absolute atomic E-state index is 0.272. The summed E-state index contributed by atoms with van der Waals surface area (Å²) in [4.78, 5) is 19.3. The van der Waals surface area contributed by atoms with E-state index in [0.717, 1.165) is 13.1 Å². The van der Waals surface area contributed by atoms with Crippen molar-refractivity contribution in [2.24, 2.45) is 0 Å². The van der Waals surface area contributed by atoms with Crippen molar-refractivity contribution in [2.75, 3.05) is 33.2 Å². The molecule has 2 aliphatic heterocycles. The summed E-state index contributed by atoms with van der Waals surface area (Å²) in [6.45, 7) is 6.18. The molecule has 3 unspecified atom stereocenters. The molecule has 4 nitrogen and oxygen atoms in total. The summed E-state index contributed by atoms with van der Waals surface area (Å²) >= 11 is 0. The van der Waals surface area contributed by atoms with Crippen LogP contribution in [0.5, 0.6) is 0 Å². The zero-order chi connectivity index (χ0) is 13.4. The number of fused-ring (bicyclic) bond motifs is 1. The van der Waals surface area contributed by atoms with Gasteiger partial charge in [0.25, 0.3) is 0 Å². The zero-order valence-electron chi connectivity index (χ0n) is 12.3. The van der Waals surface area contributed by atoms with Gasteiger partial charge in [0.1, 0.15) is 0 Å². The Morgan fingerprint density at radius 2 is 1.63 bits per heavy atom. The second kappa shape index (κ2) is 5.41. The summed E-state index contributed by atoms with van der Waals surface area (Å²) in [5, 5.41) is 0. The van der Waals surface area contributed by atoms with Crippen LogP contribution in [-0.2, 0) is 4.79 Å². The van der Waals surface area contributed by atoms with Crippen molar-refractivity contribution in [2.45, 2.75) is 57.2 Å². The summed E-state index contributed by atoms with van der Waals surface area (Å²) in [5.74, 6) is 0.272. The number of rotatable bonds is 1. The van der Waals surface area contributed by atoms with Crippen LogP contribution in [-0.4, -0.2) is 72.0 Å². The second-order valence-corrected chi connectivity index (χ2v) is 6.49. The molecule has 2 saturated heterocycles. The lowest BCUT2D eigenvalue weighted by Gasteiger charge is -2.53. The highest BCUT2D eigenvalue weighted by Crippen LogP contribution is 2.34. The van der Waals surface area contributed by atoms with Gasteiger partial charge in [-0.3, -0.25) is 14.6 Å². The van der Waals surface area contributed by atoms with Crippen molar-refractivity contribution < 1.29 is 4.79 Å². The van der Waals surface area contributed by atoms with Crippen LogP contribution in [0.3, 0.4) is 0 Å². The highest BCUT2D eigenvalue weighted by atomic mass is 16.2. The Hall–Kier alpha value is -0.610. The number of amides is 1. The lowest BCUT2D eigenvalue weighted by molar-refractivity contribution is -0.140. The van der Waals surface area contributed by atoms with E-state index in [9.17, 15) is 4.79 Å². The predicted octanol–water partition coefficient (Wildman–Crippen LogP) is 1.17. The molecule has 1 aliphatic carbocycles. The Labute approximate surface area is 116 Å². The summed E-state index contributed by atoms with van der Waals surface area (Å²) in [6, 6.07) is 1.62. The van der Waals surface area contributed by atoms with Crippen LogP contribution in [0.2, 0.25) is 0 Å². The maximum Gasteiger partial charge on any atom is 0.219 e. The van der Waals surface area contributed by atoms with E-state index in [4.69, 9.17) is 0 Å². The first-order chi connectivity index (χ1) is 9.18. The Balaban J connectivity index is 1.84. The van der Waals surface area contributed by atoms with Crippen LogP contribution in [0, 0.1) is 0 Å². The lowest BCUT2D eigenvalue weighted by Crippen LogP contribution is -2.67. The zero-order valence-corrected chi connectivity index (χ0v) is 12.3. The molecule has 3 aliphatic rings. The third-order valence-corrected chi connectivity index (χ3v) is 5.42. The fraction of sp³-hybridized carbons (Fsp3) is 0.933. The quantitative estimate of drug-likeness (QED) is 0.712. The van der Waals surface area contributed by atoms with E-state index in [-0.39, 0.29) is 5.91 Å². The van der Waals surface area contributed by atoms with E-state index in [2.05, 4.69) is 21.7 Å². The highest BCUT2D eigenvalue weighted by Gasteiger charge is 2.45. The van der Waals surface area contributed by atoms with Crippen molar-refractivity contribution in [3.05, 3.63) is 0 Å². The average molecular weight is 265 g/mol. The van der Waals surface area contributed by atoms with Crippen LogP contribution in [0.4, 0.5) is 0 Å². The molecule has 0 aromatic rings. The largest absolute Gasteiger partial charge is 0.336 e. The minimum Gasteiger partial charge on any atom is -0.336 e. The van der Waals surface area contributed by atoms with Gasteiger partial charge in [0.2, 0.25) is 5.91 Å². The van der Waals surface area contributed by atoms with Crippen molar-refractivity contribution in [1.29, 1.82) is 0 Å². The van der Waals surface area contributed by atoms with Gasteiger partial charge in [0.05, 0.1) is 6.04 Å². The molecule has 1 saturated carbocycles. The number of carbonyl (C=O) groups excluding carboxylic acids is 1. The molecule has 3 rings (SSSR count). The number of likely N-dealkylation sites (N-methyl/N-ethyl adjacent to an activating group) is 1. The molecular formula is C15H27N3O. The van der Waals surface area contributed by atoms with Gasteiger partial charge in [-0.25, -0.2) is 0 Å². The molecular weight excluding hydrogens is 238 g/mol. The van der Waals surface area contributed by atoms with Gasteiger partial charge in [-0.2, -0.15) is 0 Å². The van der Waals surface area contributed by atoms with E-state index in [1.54, 1.807) is 6.92 Å². The summed E-state index contributed by atoms with van der Waals surface area (Å²) in [5.41, 5.74) is 0. The first-order valence-corrected chi connectivity index (χ1v) is 7.90. The van der Waals surface area contributed by atoms with Crippen LogP contribution >= 0.6 is 0 Å². The minimum atomic E-state index is 0.272. The summed E-state index contributed by atoms with van der Waals surface area (Å²) in [7, 11) is 2.24. The molecule has 19 heavy (non-hydrogen) atoms. The number of hydrogen-bond acceptors (Lipinski definition) is 3. The lowest BCUT2D eigenvalue weighted by atomic mass is 9.81. The number of piperazine rings is 1. The van der Waals surface area contributed by atoms with E-state index >= 15 is 0 Å². The molecule has 0 bridgehead atoms. The molecule has 2 heterocycles. The number of nitrogens with zero attached hydrogens (tertiary/aromatic N) is 3. The first kappa shape index (κ1) is 13.4. The Kier molecular flexibility index (Phi) is 3.81. The topological polar surface area (TPSA) is 26.8 Å². The standard InChI is InChI=1S/C15H27N3O/c1-12(19)18-11-10-16(2)13-6-5-7-14(15(13)18)17-8-3-4-9-17/h13-15H,3-11H2,1-2H3. The smallest absolute Gasteiger partial charge is 0.219 e. The molecule has 108 valence electrons. The molecule has 0 radical (unpaired) electrons. The van der Waals surface area contributed by atoms with Crippen LogP contribution in [0.15, 0.2) is 0 Å². The van der Waals surface area contributed by atoms with Gasteiger partial charge < -0.3 is 4.90 Å². The van der Waals surface area contributed by atoms with Crippen molar-refractivity contribution >= 4 is 5.91 Å². The van der Waals surface area contributed by atoms with Gasteiger partial charge in [-0.1, -0.05) is 6.42 Å². The molecule has 4 heteroatoms. The third kappa shape index (κ3) is 2.40. The molecule has 0 spiro atoms. The van der Waals surface area contributed by atoms with Gasteiger partial charge in [-0.15, -0.1) is 0 Å². The SMILES string of the molecule is CC(=O)N1CCN(C)C2CCCC(N3CCCC3)C21. The molecule has 3 atom stereocenters. The summed E-state index contributed by atoms with van der Waals surface area (Å²) < 4.78 is 0. The van der Waals surface area contributed by atoms with Crippen LogP contribution < -0.4 is 0 Å².